The molecule has 4 rings (SSSR count). The highest BCUT2D eigenvalue weighted by Crippen LogP contribution is 2.27. The number of carbonyl (C=O) groups is 2. The fourth-order valence-corrected chi connectivity index (χ4v) is 3.23. The van der Waals surface area contributed by atoms with Gasteiger partial charge in [-0.3, -0.25) is 9.59 Å². The molecule has 0 saturated carbocycles. The van der Waals surface area contributed by atoms with Crippen LogP contribution < -0.4 is 9.47 Å². The van der Waals surface area contributed by atoms with E-state index in [2.05, 4.69) is 0 Å². The van der Waals surface area contributed by atoms with E-state index in [4.69, 9.17) is 18.9 Å². The van der Waals surface area contributed by atoms with Crippen molar-refractivity contribution >= 4 is 11.6 Å². The number of allylic oxidation sites excluding steroid dienone is 2. The minimum absolute atomic E-state index is 0.0821. The largest absolute Gasteiger partial charge is 0.490 e. The molecule has 0 heterocycles. The van der Waals surface area contributed by atoms with Crippen LogP contribution in [-0.2, 0) is 9.47 Å². The summed E-state index contributed by atoms with van der Waals surface area (Å²) in [5.74, 6) is 0.389. The molecule has 0 unspecified atom stereocenters. The van der Waals surface area contributed by atoms with Gasteiger partial charge in [-0.2, -0.15) is 0 Å². The SMILES string of the molecule is O=C1C(OCCOc2ccccc2)=C(OCCOc2ccccc2)C(=O)c2ccccc21. The van der Waals surface area contributed by atoms with Crippen LogP contribution in [0.3, 0.4) is 0 Å². The summed E-state index contributed by atoms with van der Waals surface area (Å²) in [7, 11) is 0. The summed E-state index contributed by atoms with van der Waals surface area (Å²) in [6.45, 7) is 0.583. The molecule has 0 radical (unpaired) electrons. The number of benzene rings is 3. The van der Waals surface area contributed by atoms with E-state index < -0.39 is 0 Å². The van der Waals surface area contributed by atoms with Gasteiger partial charge in [0.05, 0.1) is 0 Å². The van der Waals surface area contributed by atoms with Gasteiger partial charge in [-0.05, 0) is 24.3 Å². The molecular weight excluding hydrogens is 408 g/mol. The topological polar surface area (TPSA) is 71.1 Å². The number of hydrogen-bond donors (Lipinski definition) is 0. The lowest BCUT2D eigenvalue weighted by atomic mass is 9.92. The van der Waals surface area contributed by atoms with E-state index in [1.54, 1.807) is 24.3 Å². The average molecular weight is 430 g/mol. The molecule has 162 valence electrons. The van der Waals surface area contributed by atoms with Crippen molar-refractivity contribution in [1.29, 1.82) is 0 Å². The van der Waals surface area contributed by atoms with E-state index in [0.717, 1.165) is 0 Å². The van der Waals surface area contributed by atoms with Crippen molar-refractivity contribution in [3.05, 3.63) is 108 Å². The number of rotatable bonds is 10. The first-order valence-electron chi connectivity index (χ1n) is 10.3. The number of hydrogen-bond acceptors (Lipinski definition) is 6. The standard InChI is InChI=1S/C26H22O6/c27-23-21-13-7-8-14-22(21)24(28)26(32-18-16-30-20-11-5-2-6-12-20)25(23)31-17-15-29-19-9-3-1-4-10-19/h1-14H,15-18H2. The van der Waals surface area contributed by atoms with E-state index in [0.29, 0.717) is 22.6 Å². The van der Waals surface area contributed by atoms with Crippen molar-refractivity contribution in [2.24, 2.45) is 0 Å². The van der Waals surface area contributed by atoms with Gasteiger partial charge in [-0.15, -0.1) is 0 Å². The van der Waals surface area contributed by atoms with Gasteiger partial charge in [0, 0.05) is 11.1 Å². The summed E-state index contributed by atoms with van der Waals surface area (Å²) in [4.78, 5) is 26.0. The Labute approximate surface area is 186 Å². The Morgan fingerprint density at radius 3 is 1.19 bits per heavy atom. The highest BCUT2D eigenvalue weighted by atomic mass is 16.6. The molecule has 0 N–H and O–H groups in total. The monoisotopic (exact) mass is 430 g/mol. The van der Waals surface area contributed by atoms with Crippen LogP contribution in [0, 0.1) is 0 Å². The Morgan fingerprint density at radius 1 is 0.438 bits per heavy atom. The summed E-state index contributed by atoms with van der Waals surface area (Å²) in [6.07, 6.45) is 0. The molecule has 0 bridgehead atoms. The summed E-state index contributed by atoms with van der Waals surface area (Å²) in [6, 6.07) is 25.2. The van der Waals surface area contributed by atoms with Gasteiger partial charge >= 0.3 is 0 Å². The number of Topliss-reactive ketones (excluding diaryl/α,β-unsaturated/α-hetero) is 2. The van der Waals surface area contributed by atoms with E-state index in [-0.39, 0.29) is 49.5 Å². The minimum atomic E-state index is -0.390. The van der Waals surface area contributed by atoms with E-state index in [1.807, 2.05) is 60.7 Å². The predicted octanol–water partition coefficient (Wildman–Crippen LogP) is 4.47. The normalized spacial score (nSPS) is 12.9. The maximum Gasteiger partial charge on any atom is 0.232 e. The quantitative estimate of drug-likeness (QED) is 0.442. The van der Waals surface area contributed by atoms with Gasteiger partial charge in [0.1, 0.15) is 37.9 Å². The predicted molar refractivity (Wildman–Crippen MR) is 118 cm³/mol. The molecule has 0 aliphatic heterocycles. The van der Waals surface area contributed by atoms with E-state index >= 15 is 0 Å². The van der Waals surface area contributed by atoms with Gasteiger partial charge in [0.25, 0.3) is 0 Å². The van der Waals surface area contributed by atoms with Crippen LogP contribution in [0.25, 0.3) is 0 Å². The maximum absolute atomic E-state index is 13.0. The molecule has 0 atom stereocenters. The molecule has 0 amide bonds. The number of carbonyl (C=O) groups excluding carboxylic acids is 2. The van der Waals surface area contributed by atoms with Gasteiger partial charge in [0.2, 0.25) is 23.1 Å². The molecule has 1 aliphatic rings. The van der Waals surface area contributed by atoms with Crippen LogP contribution >= 0.6 is 0 Å². The zero-order valence-electron chi connectivity index (χ0n) is 17.4. The Bertz CT molecular complexity index is 1020. The molecule has 3 aromatic carbocycles. The lowest BCUT2D eigenvalue weighted by Gasteiger charge is -2.21. The molecule has 1 aliphatic carbocycles. The Morgan fingerprint density at radius 2 is 0.781 bits per heavy atom. The molecular formula is C26H22O6. The van der Waals surface area contributed by atoms with Crippen molar-refractivity contribution < 1.29 is 28.5 Å². The molecule has 6 heteroatoms. The van der Waals surface area contributed by atoms with Crippen molar-refractivity contribution in [3.8, 4) is 11.5 Å². The van der Waals surface area contributed by atoms with Gasteiger partial charge in [0.15, 0.2) is 0 Å². The second-order valence-corrected chi connectivity index (χ2v) is 6.88. The minimum Gasteiger partial charge on any atom is -0.490 e. The second-order valence-electron chi connectivity index (χ2n) is 6.88. The fraction of sp³-hybridized carbons (Fsp3) is 0.154. The third-order valence-electron chi connectivity index (χ3n) is 4.72. The summed E-state index contributed by atoms with van der Waals surface area (Å²) >= 11 is 0. The Balaban J connectivity index is 1.43. The summed E-state index contributed by atoms with van der Waals surface area (Å²) in [5, 5.41) is 0. The average Bonchev–Trinajstić information content (AvgIpc) is 2.85. The van der Waals surface area contributed by atoms with Crippen LogP contribution in [0.4, 0.5) is 0 Å². The lowest BCUT2D eigenvalue weighted by Crippen LogP contribution is -2.27. The van der Waals surface area contributed by atoms with Gasteiger partial charge < -0.3 is 18.9 Å². The number of ether oxygens (including phenoxy) is 4. The first-order chi connectivity index (χ1) is 15.7. The molecule has 32 heavy (non-hydrogen) atoms. The molecule has 0 aromatic heterocycles. The third kappa shape index (κ3) is 4.98. The smallest absolute Gasteiger partial charge is 0.232 e. The molecule has 3 aromatic rings. The Hall–Kier alpha value is -4.06. The zero-order chi connectivity index (χ0) is 22.2. The van der Waals surface area contributed by atoms with E-state index in [1.165, 1.54) is 0 Å². The highest BCUT2D eigenvalue weighted by Gasteiger charge is 2.35. The molecule has 0 saturated heterocycles. The number of fused-ring (bicyclic) bond motifs is 1. The van der Waals surface area contributed by atoms with Crippen LogP contribution in [0.1, 0.15) is 20.7 Å². The molecule has 0 fully saturated rings. The van der Waals surface area contributed by atoms with Gasteiger partial charge in [-0.1, -0.05) is 60.7 Å². The van der Waals surface area contributed by atoms with Crippen LogP contribution in [0.5, 0.6) is 11.5 Å². The second kappa shape index (κ2) is 10.3. The maximum atomic E-state index is 13.0. The van der Waals surface area contributed by atoms with Gasteiger partial charge in [-0.25, -0.2) is 0 Å². The highest BCUT2D eigenvalue weighted by molar-refractivity contribution is 6.25. The third-order valence-corrected chi connectivity index (χ3v) is 4.72. The lowest BCUT2D eigenvalue weighted by molar-refractivity contribution is 0.0685. The summed E-state index contributed by atoms with van der Waals surface area (Å²) in [5.41, 5.74) is 0.591. The number of ketones is 2. The fourth-order valence-electron chi connectivity index (χ4n) is 3.23. The molecule has 0 spiro atoms. The molecule has 6 nitrogen and oxygen atoms in total. The van der Waals surface area contributed by atoms with Crippen LogP contribution in [0.15, 0.2) is 96.4 Å². The van der Waals surface area contributed by atoms with Crippen molar-refractivity contribution in [2.45, 2.75) is 0 Å². The van der Waals surface area contributed by atoms with Crippen LogP contribution in [0.2, 0.25) is 0 Å². The van der Waals surface area contributed by atoms with Crippen molar-refractivity contribution in [1.82, 2.24) is 0 Å². The van der Waals surface area contributed by atoms with Crippen molar-refractivity contribution in [3.63, 3.8) is 0 Å². The summed E-state index contributed by atoms with van der Waals surface area (Å²) < 4.78 is 22.6. The zero-order valence-corrected chi connectivity index (χ0v) is 17.4. The van der Waals surface area contributed by atoms with Crippen molar-refractivity contribution in [2.75, 3.05) is 26.4 Å². The first-order valence-corrected chi connectivity index (χ1v) is 10.3. The number of para-hydroxylation sites is 2. The Kier molecular flexibility index (Phi) is 6.82. The van der Waals surface area contributed by atoms with E-state index in [9.17, 15) is 9.59 Å². The first kappa shape index (κ1) is 21.2. The van der Waals surface area contributed by atoms with Crippen LogP contribution in [-0.4, -0.2) is 38.0 Å².